The van der Waals surface area contributed by atoms with Crippen molar-refractivity contribution < 1.29 is 18.6 Å². The summed E-state index contributed by atoms with van der Waals surface area (Å²) in [6.07, 6.45) is 0. The second-order valence-electron chi connectivity index (χ2n) is 4.78. The van der Waals surface area contributed by atoms with Crippen LogP contribution in [0.1, 0.15) is 16.7 Å². The molecule has 0 fully saturated rings. The van der Waals surface area contributed by atoms with E-state index in [0.29, 0.717) is 11.1 Å². The van der Waals surface area contributed by atoms with Crippen LogP contribution in [-0.2, 0) is 9.84 Å². The fourth-order valence-corrected chi connectivity index (χ4v) is 4.01. The zero-order valence-electron chi connectivity index (χ0n) is 11.5. The van der Waals surface area contributed by atoms with E-state index in [1.807, 2.05) is 0 Å². The quantitative estimate of drug-likeness (QED) is 0.892. The first-order valence-electron chi connectivity index (χ1n) is 6.09. The fourth-order valence-electron chi connectivity index (χ4n) is 2.11. The first-order valence-corrected chi connectivity index (χ1v) is 7.58. The molecule has 0 bridgehead atoms. The van der Waals surface area contributed by atoms with Gasteiger partial charge in [0.05, 0.1) is 4.90 Å². The van der Waals surface area contributed by atoms with E-state index in [9.17, 15) is 18.6 Å². The second-order valence-corrected chi connectivity index (χ2v) is 6.64. The van der Waals surface area contributed by atoms with Crippen LogP contribution >= 0.6 is 0 Å². The number of phenols is 2. The normalized spacial score (nSPS) is 11.6. The Morgan fingerprint density at radius 3 is 2.15 bits per heavy atom. The van der Waals surface area contributed by atoms with Crippen LogP contribution in [0.5, 0.6) is 11.5 Å². The third-order valence-electron chi connectivity index (χ3n) is 3.34. The van der Waals surface area contributed by atoms with E-state index in [4.69, 9.17) is 0 Å². The third-order valence-corrected chi connectivity index (χ3v) is 5.42. The molecule has 2 aromatic carbocycles. The van der Waals surface area contributed by atoms with Gasteiger partial charge in [0.15, 0.2) is 0 Å². The van der Waals surface area contributed by atoms with E-state index in [0.717, 1.165) is 0 Å². The van der Waals surface area contributed by atoms with Crippen molar-refractivity contribution in [2.24, 2.45) is 0 Å². The standard InChI is InChI=1S/C15H16O4S/c1-9-7-8-10(2)15(14(9)17)20(18,19)13-6-4-5-12(16)11(13)3/h4-8,16-17H,1-3H3. The zero-order valence-corrected chi connectivity index (χ0v) is 12.3. The fraction of sp³-hybridized carbons (Fsp3) is 0.200. The largest absolute Gasteiger partial charge is 0.508 e. The van der Waals surface area contributed by atoms with Gasteiger partial charge in [-0.1, -0.05) is 18.2 Å². The molecule has 0 amide bonds. The zero-order chi connectivity index (χ0) is 15.1. The first kappa shape index (κ1) is 14.4. The molecule has 106 valence electrons. The van der Waals surface area contributed by atoms with Gasteiger partial charge in [-0.2, -0.15) is 0 Å². The third kappa shape index (κ3) is 2.14. The van der Waals surface area contributed by atoms with Crippen molar-refractivity contribution in [3.05, 3.63) is 47.0 Å². The van der Waals surface area contributed by atoms with Crippen molar-refractivity contribution in [1.82, 2.24) is 0 Å². The first-order chi connectivity index (χ1) is 9.26. The van der Waals surface area contributed by atoms with Gasteiger partial charge in [-0.05, 0) is 44.0 Å². The molecule has 0 aromatic heterocycles. The highest BCUT2D eigenvalue weighted by Gasteiger charge is 2.27. The Balaban J connectivity index is 2.81. The van der Waals surface area contributed by atoms with Crippen molar-refractivity contribution in [3.8, 4) is 11.5 Å². The molecular weight excluding hydrogens is 276 g/mol. The lowest BCUT2D eigenvalue weighted by Gasteiger charge is -2.13. The minimum absolute atomic E-state index is 0.00139. The summed E-state index contributed by atoms with van der Waals surface area (Å²) < 4.78 is 25.5. The van der Waals surface area contributed by atoms with Gasteiger partial charge in [0, 0.05) is 5.56 Å². The molecule has 2 aromatic rings. The summed E-state index contributed by atoms with van der Waals surface area (Å²) in [5.74, 6) is -0.330. The van der Waals surface area contributed by atoms with Crippen LogP contribution < -0.4 is 0 Å². The SMILES string of the molecule is Cc1ccc(C)c(S(=O)(=O)c2cccc(O)c2C)c1O. The maximum absolute atomic E-state index is 12.7. The molecule has 0 saturated heterocycles. The average Bonchev–Trinajstić information content (AvgIpc) is 2.37. The van der Waals surface area contributed by atoms with Crippen molar-refractivity contribution in [2.75, 3.05) is 0 Å². The summed E-state index contributed by atoms with van der Waals surface area (Å²) >= 11 is 0. The number of aromatic hydroxyl groups is 2. The highest BCUT2D eigenvalue weighted by Crippen LogP contribution is 2.36. The number of aryl methyl sites for hydroxylation is 2. The molecule has 2 N–H and O–H groups in total. The number of benzene rings is 2. The number of hydrogen-bond donors (Lipinski definition) is 2. The lowest BCUT2D eigenvalue weighted by molar-refractivity contribution is 0.452. The molecule has 5 heteroatoms. The Morgan fingerprint density at radius 1 is 0.900 bits per heavy atom. The van der Waals surface area contributed by atoms with Crippen LogP contribution in [0.4, 0.5) is 0 Å². The molecule has 0 radical (unpaired) electrons. The molecule has 0 heterocycles. The second kappa shape index (κ2) is 4.83. The average molecular weight is 292 g/mol. The van der Waals surface area contributed by atoms with Gasteiger partial charge in [-0.25, -0.2) is 8.42 Å². The molecule has 0 aliphatic rings. The van der Waals surface area contributed by atoms with Gasteiger partial charge in [-0.15, -0.1) is 0 Å². The van der Waals surface area contributed by atoms with E-state index in [-0.39, 0.29) is 26.9 Å². The van der Waals surface area contributed by atoms with Crippen LogP contribution in [0, 0.1) is 20.8 Å². The molecule has 0 saturated carbocycles. The van der Waals surface area contributed by atoms with Crippen LogP contribution in [0.2, 0.25) is 0 Å². The van der Waals surface area contributed by atoms with Gasteiger partial charge in [-0.3, -0.25) is 0 Å². The molecule has 4 nitrogen and oxygen atoms in total. The summed E-state index contributed by atoms with van der Waals surface area (Å²) in [4.78, 5) is -0.104. The summed E-state index contributed by atoms with van der Waals surface area (Å²) in [6.45, 7) is 4.80. The van der Waals surface area contributed by atoms with Crippen LogP contribution in [0.25, 0.3) is 0 Å². The molecule has 0 aliphatic carbocycles. The van der Waals surface area contributed by atoms with Gasteiger partial charge in [0.2, 0.25) is 9.84 Å². The van der Waals surface area contributed by atoms with E-state index in [1.54, 1.807) is 26.0 Å². The summed E-state index contributed by atoms with van der Waals surface area (Å²) in [7, 11) is -3.89. The molecule has 20 heavy (non-hydrogen) atoms. The number of hydrogen-bond acceptors (Lipinski definition) is 4. The monoisotopic (exact) mass is 292 g/mol. The number of sulfone groups is 1. The van der Waals surface area contributed by atoms with Crippen LogP contribution in [-0.4, -0.2) is 18.6 Å². The topological polar surface area (TPSA) is 74.6 Å². The summed E-state index contributed by atoms with van der Waals surface area (Å²) in [5, 5.41) is 19.8. The number of phenolic OH excluding ortho intramolecular Hbond substituents is 2. The lowest BCUT2D eigenvalue weighted by atomic mass is 10.1. The Kier molecular flexibility index (Phi) is 3.48. The van der Waals surface area contributed by atoms with Crippen LogP contribution in [0.3, 0.4) is 0 Å². The molecule has 0 atom stereocenters. The number of rotatable bonds is 2. The van der Waals surface area contributed by atoms with Crippen molar-refractivity contribution in [2.45, 2.75) is 30.6 Å². The van der Waals surface area contributed by atoms with E-state index < -0.39 is 9.84 Å². The van der Waals surface area contributed by atoms with E-state index >= 15 is 0 Å². The van der Waals surface area contributed by atoms with Crippen molar-refractivity contribution >= 4 is 9.84 Å². The highest BCUT2D eigenvalue weighted by molar-refractivity contribution is 7.91. The predicted molar refractivity (Wildman–Crippen MR) is 75.9 cm³/mol. The van der Waals surface area contributed by atoms with Gasteiger partial charge < -0.3 is 10.2 Å². The van der Waals surface area contributed by atoms with Crippen LogP contribution in [0.15, 0.2) is 40.1 Å². The molecule has 0 spiro atoms. The molecule has 0 aliphatic heterocycles. The Morgan fingerprint density at radius 2 is 1.50 bits per heavy atom. The van der Waals surface area contributed by atoms with Gasteiger partial charge in [0.1, 0.15) is 16.4 Å². The Hall–Kier alpha value is -2.01. The Labute approximate surface area is 118 Å². The summed E-state index contributed by atoms with van der Waals surface area (Å²) in [6, 6.07) is 7.64. The van der Waals surface area contributed by atoms with Crippen molar-refractivity contribution in [3.63, 3.8) is 0 Å². The van der Waals surface area contributed by atoms with Gasteiger partial charge >= 0.3 is 0 Å². The summed E-state index contributed by atoms with van der Waals surface area (Å²) in [5.41, 5.74) is 1.23. The minimum Gasteiger partial charge on any atom is -0.508 e. The Bertz CT molecular complexity index is 777. The lowest BCUT2D eigenvalue weighted by Crippen LogP contribution is -2.07. The maximum atomic E-state index is 12.7. The van der Waals surface area contributed by atoms with E-state index in [2.05, 4.69) is 0 Å². The van der Waals surface area contributed by atoms with Gasteiger partial charge in [0.25, 0.3) is 0 Å². The minimum atomic E-state index is -3.89. The highest BCUT2D eigenvalue weighted by atomic mass is 32.2. The van der Waals surface area contributed by atoms with E-state index in [1.165, 1.54) is 25.1 Å². The molecule has 2 rings (SSSR count). The smallest absolute Gasteiger partial charge is 0.210 e. The predicted octanol–water partition coefficient (Wildman–Crippen LogP) is 2.86. The molecule has 0 unspecified atom stereocenters. The van der Waals surface area contributed by atoms with Crippen molar-refractivity contribution in [1.29, 1.82) is 0 Å². The maximum Gasteiger partial charge on any atom is 0.210 e. The molecular formula is C15H16O4S.